The molecule has 0 radical (unpaired) electrons. The van der Waals surface area contributed by atoms with Gasteiger partial charge in [-0.1, -0.05) is 13.8 Å². The molecule has 0 aliphatic carbocycles. The lowest BCUT2D eigenvalue weighted by Crippen LogP contribution is -2.35. The first-order chi connectivity index (χ1) is 9.11. The molecule has 0 fully saturated rings. The van der Waals surface area contributed by atoms with Crippen molar-refractivity contribution in [1.82, 2.24) is 4.90 Å². The highest BCUT2D eigenvalue weighted by molar-refractivity contribution is 7.51. The fourth-order valence-corrected chi connectivity index (χ4v) is 1.45. The molecule has 118 valence electrons. The van der Waals surface area contributed by atoms with Crippen LogP contribution in [-0.2, 0) is 18.6 Å². The standard InChI is InChI=1S/C11H22NO7P/c1-9(2)4-6-12(7-5-10(13)14)11(15)18-8-19-20(3,16)17/h9H,4-8H2,1-3H3,(H,13,14)(H,16,17). The number of hydrogen-bond donors (Lipinski definition) is 2. The Hall–Kier alpha value is -1.11. The lowest BCUT2D eigenvalue weighted by atomic mass is 10.1. The molecule has 2 N–H and O–H groups in total. The highest BCUT2D eigenvalue weighted by atomic mass is 31.2. The highest BCUT2D eigenvalue weighted by Gasteiger charge is 2.18. The molecule has 0 spiro atoms. The van der Waals surface area contributed by atoms with E-state index in [2.05, 4.69) is 9.26 Å². The number of amides is 1. The molecular weight excluding hydrogens is 289 g/mol. The Morgan fingerprint density at radius 1 is 1.30 bits per heavy atom. The minimum atomic E-state index is -3.70. The molecule has 0 saturated carbocycles. The normalized spacial score (nSPS) is 13.8. The zero-order chi connectivity index (χ0) is 15.8. The van der Waals surface area contributed by atoms with Gasteiger partial charge in [0, 0.05) is 19.8 Å². The summed E-state index contributed by atoms with van der Waals surface area (Å²) < 4.78 is 20.0. The summed E-state index contributed by atoms with van der Waals surface area (Å²) in [4.78, 5) is 32.4. The number of hydrogen-bond acceptors (Lipinski definition) is 5. The molecule has 0 saturated heterocycles. The fraction of sp³-hybridized carbons (Fsp3) is 0.818. The Kier molecular flexibility index (Phi) is 8.45. The molecule has 0 aromatic rings. The molecule has 1 atom stereocenters. The third-order valence-corrected chi connectivity index (χ3v) is 2.89. The van der Waals surface area contributed by atoms with Crippen molar-refractivity contribution >= 4 is 19.7 Å². The molecule has 0 rings (SSSR count). The van der Waals surface area contributed by atoms with Crippen LogP contribution in [0.4, 0.5) is 4.79 Å². The Morgan fingerprint density at radius 2 is 1.90 bits per heavy atom. The van der Waals surface area contributed by atoms with Crippen LogP contribution in [0.3, 0.4) is 0 Å². The SMILES string of the molecule is CC(C)CCN(CCC(=O)O)C(=O)OCOP(C)(=O)O. The average molecular weight is 311 g/mol. The third-order valence-electron chi connectivity index (χ3n) is 2.30. The van der Waals surface area contributed by atoms with Gasteiger partial charge < -0.3 is 19.6 Å². The van der Waals surface area contributed by atoms with Crippen LogP contribution in [0.15, 0.2) is 0 Å². The Balaban J connectivity index is 4.31. The fourth-order valence-electron chi connectivity index (χ4n) is 1.20. The molecule has 1 amide bonds. The summed E-state index contributed by atoms with van der Waals surface area (Å²) in [5.41, 5.74) is 0. The predicted octanol–water partition coefficient (Wildman–Crippen LogP) is 1.74. The smallest absolute Gasteiger partial charge is 0.411 e. The summed E-state index contributed by atoms with van der Waals surface area (Å²) in [6.07, 6.45) is -0.261. The van der Waals surface area contributed by atoms with Crippen LogP contribution in [0.2, 0.25) is 0 Å². The number of rotatable bonds is 9. The molecular formula is C11H22NO7P. The number of carboxylic acids is 1. The van der Waals surface area contributed by atoms with Gasteiger partial charge in [0.1, 0.15) is 0 Å². The van der Waals surface area contributed by atoms with Gasteiger partial charge >= 0.3 is 19.7 Å². The second kappa shape index (κ2) is 8.94. The van der Waals surface area contributed by atoms with E-state index >= 15 is 0 Å². The first kappa shape index (κ1) is 18.9. The van der Waals surface area contributed by atoms with Crippen molar-refractivity contribution in [2.45, 2.75) is 26.7 Å². The van der Waals surface area contributed by atoms with Crippen LogP contribution < -0.4 is 0 Å². The van der Waals surface area contributed by atoms with Crippen molar-refractivity contribution in [2.75, 3.05) is 26.5 Å². The number of carbonyl (C=O) groups excluding carboxylic acids is 1. The van der Waals surface area contributed by atoms with E-state index in [1.54, 1.807) is 0 Å². The molecule has 0 bridgehead atoms. The predicted molar refractivity (Wildman–Crippen MR) is 71.5 cm³/mol. The van der Waals surface area contributed by atoms with Crippen LogP contribution in [-0.4, -0.2) is 53.5 Å². The number of carboxylic acid groups (broad SMARTS) is 1. The number of ether oxygens (including phenoxy) is 1. The maximum Gasteiger partial charge on any atom is 0.411 e. The van der Waals surface area contributed by atoms with Crippen LogP contribution in [0.1, 0.15) is 26.7 Å². The number of nitrogens with zero attached hydrogens (tertiary/aromatic N) is 1. The van der Waals surface area contributed by atoms with Crippen molar-refractivity contribution in [3.05, 3.63) is 0 Å². The molecule has 0 aliphatic heterocycles. The Labute approximate surface area is 118 Å². The summed E-state index contributed by atoms with van der Waals surface area (Å²) in [6.45, 7) is 4.65. The van der Waals surface area contributed by atoms with Gasteiger partial charge in [0.25, 0.3) is 0 Å². The Bertz CT molecular complexity index is 366. The first-order valence-electron chi connectivity index (χ1n) is 6.20. The van der Waals surface area contributed by atoms with Gasteiger partial charge in [-0.3, -0.25) is 13.9 Å². The molecule has 1 unspecified atom stereocenters. The Morgan fingerprint density at radius 3 is 2.35 bits per heavy atom. The maximum absolute atomic E-state index is 11.7. The summed E-state index contributed by atoms with van der Waals surface area (Å²) in [6, 6.07) is 0. The minimum Gasteiger partial charge on any atom is -0.481 e. The van der Waals surface area contributed by atoms with Crippen molar-refractivity contribution in [3.8, 4) is 0 Å². The molecule has 0 aromatic carbocycles. The molecule has 0 aliphatic rings. The molecule has 0 heterocycles. The topological polar surface area (TPSA) is 113 Å². The van der Waals surface area contributed by atoms with Crippen LogP contribution in [0.25, 0.3) is 0 Å². The average Bonchev–Trinajstić information content (AvgIpc) is 2.26. The monoisotopic (exact) mass is 311 g/mol. The van der Waals surface area contributed by atoms with E-state index in [4.69, 9.17) is 10.00 Å². The summed E-state index contributed by atoms with van der Waals surface area (Å²) >= 11 is 0. The van der Waals surface area contributed by atoms with E-state index < -0.39 is 26.5 Å². The van der Waals surface area contributed by atoms with E-state index in [-0.39, 0.29) is 13.0 Å². The van der Waals surface area contributed by atoms with Gasteiger partial charge in [-0.2, -0.15) is 0 Å². The van der Waals surface area contributed by atoms with Crippen molar-refractivity contribution in [1.29, 1.82) is 0 Å². The quantitative estimate of drug-likeness (QED) is 0.492. The van der Waals surface area contributed by atoms with E-state index in [9.17, 15) is 14.2 Å². The van der Waals surface area contributed by atoms with Gasteiger partial charge in [-0.25, -0.2) is 4.79 Å². The molecule has 0 aromatic heterocycles. The molecule has 8 nitrogen and oxygen atoms in total. The van der Waals surface area contributed by atoms with Crippen LogP contribution in [0, 0.1) is 5.92 Å². The summed E-state index contributed by atoms with van der Waals surface area (Å²) in [5, 5.41) is 8.63. The van der Waals surface area contributed by atoms with Crippen molar-refractivity contribution in [2.24, 2.45) is 5.92 Å². The summed E-state index contributed by atoms with van der Waals surface area (Å²) in [7, 11) is -3.70. The van der Waals surface area contributed by atoms with Crippen molar-refractivity contribution in [3.63, 3.8) is 0 Å². The first-order valence-corrected chi connectivity index (χ1v) is 8.22. The molecule has 20 heavy (non-hydrogen) atoms. The van der Waals surface area contributed by atoms with E-state index in [1.807, 2.05) is 13.8 Å². The maximum atomic E-state index is 11.7. The van der Waals surface area contributed by atoms with Gasteiger partial charge in [0.2, 0.25) is 6.79 Å². The molecule has 9 heteroatoms. The van der Waals surface area contributed by atoms with E-state index in [0.717, 1.165) is 6.66 Å². The lowest BCUT2D eigenvalue weighted by molar-refractivity contribution is -0.137. The minimum absolute atomic E-state index is 0.0177. The third kappa shape index (κ3) is 10.8. The van der Waals surface area contributed by atoms with Crippen LogP contribution >= 0.6 is 7.60 Å². The van der Waals surface area contributed by atoms with Gasteiger partial charge in [-0.05, 0) is 12.3 Å². The van der Waals surface area contributed by atoms with E-state index in [0.29, 0.717) is 18.9 Å². The summed E-state index contributed by atoms with van der Waals surface area (Å²) in [5.74, 6) is -0.670. The van der Waals surface area contributed by atoms with Crippen molar-refractivity contribution < 1.29 is 33.4 Å². The van der Waals surface area contributed by atoms with Crippen LogP contribution in [0.5, 0.6) is 0 Å². The second-order valence-corrected chi connectivity index (χ2v) is 6.64. The van der Waals surface area contributed by atoms with E-state index in [1.165, 1.54) is 4.90 Å². The number of aliphatic carboxylic acids is 1. The largest absolute Gasteiger partial charge is 0.481 e. The highest BCUT2D eigenvalue weighted by Crippen LogP contribution is 2.36. The van der Waals surface area contributed by atoms with Gasteiger partial charge in [0.05, 0.1) is 6.42 Å². The lowest BCUT2D eigenvalue weighted by Gasteiger charge is -2.22. The zero-order valence-electron chi connectivity index (χ0n) is 11.9. The second-order valence-electron chi connectivity index (χ2n) is 4.77. The number of carbonyl (C=O) groups is 2. The van der Waals surface area contributed by atoms with Gasteiger partial charge in [-0.15, -0.1) is 0 Å². The van der Waals surface area contributed by atoms with Gasteiger partial charge in [0.15, 0.2) is 0 Å². The zero-order valence-corrected chi connectivity index (χ0v) is 12.8.